The molecule has 11 nitrogen and oxygen atoms in total. The summed E-state index contributed by atoms with van der Waals surface area (Å²) in [6.07, 6.45) is 4.76. The summed E-state index contributed by atoms with van der Waals surface area (Å²) in [5.74, 6) is 1.47. The molecule has 1 aliphatic carbocycles. The predicted octanol–water partition coefficient (Wildman–Crippen LogP) is 6.17. The number of amides is 1. The van der Waals surface area contributed by atoms with E-state index in [-0.39, 0.29) is 11.4 Å². The van der Waals surface area contributed by atoms with Crippen LogP contribution in [0.3, 0.4) is 0 Å². The van der Waals surface area contributed by atoms with E-state index in [9.17, 15) is 14.4 Å². The number of carbonyl (C=O) groups excluding carboxylic acids is 1. The summed E-state index contributed by atoms with van der Waals surface area (Å²) in [6, 6.07) is 15.4. The van der Waals surface area contributed by atoms with Crippen LogP contribution in [-0.2, 0) is 25.3 Å². The van der Waals surface area contributed by atoms with Gasteiger partial charge in [-0.2, -0.15) is 0 Å². The first-order chi connectivity index (χ1) is 24.6. The minimum atomic E-state index is -0.456. The standard InChI is InChI=1S/C38H39Cl2N7O4/c1-21-17-30-32(37(49)46(3)38(50)45(30)2)35(42-21)43-27-10-6-8-25(34(27)40)24-7-5-9-26(33(24)39)28-18-23-11-12-29(31(23)36(44-28)51-4)47-16-14-22(19-47)13-15-41-20-48/h5-10,17-18,20,22,29H,11-16,19H2,1-4H3,(H,41,48)(H,42,43). The molecule has 0 radical (unpaired) electrons. The Hall–Kier alpha value is -4.71. The Morgan fingerprint density at radius 2 is 1.73 bits per heavy atom. The highest BCUT2D eigenvalue weighted by molar-refractivity contribution is 6.39. The van der Waals surface area contributed by atoms with Crippen molar-refractivity contribution in [2.75, 3.05) is 32.1 Å². The van der Waals surface area contributed by atoms with E-state index in [0.29, 0.717) is 56.7 Å². The number of nitrogens with zero attached hydrogens (tertiary/aromatic N) is 5. The quantitative estimate of drug-likeness (QED) is 0.129. The number of nitrogens with one attached hydrogen (secondary N) is 2. The summed E-state index contributed by atoms with van der Waals surface area (Å²) in [7, 11) is 4.74. The van der Waals surface area contributed by atoms with Crippen molar-refractivity contribution < 1.29 is 9.53 Å². The van der Waals surface area contributed by atoms with Crippen LogP contribution >= 0.6 is 23.2 Å². The van der Waals surface area contributed by atoms with Crippen LogP contribution in [0.15, 0.2) is 58.1 Å². The Morgan fingerprint density at radius 3 is 2.49 bits per heavy atom. The number of halogens is 2. The molecule has 7 rings (SSSR count). The first-order valence-electron chi connectivity index (χ1n) is 17.0. The van der Waals surface area contributed by atoms with Gasteiger partial charge in [0.25, 0.3) is 5.56 Å². The number of fused-ring (bicyclic) bond motifs is 2. The summed E-state index contributed by atoms with van der Waals surface area (Å²) in [5.41, 5.74) is 5.99. The minimum Gasteiger partial charge on any atom is -0.481 e. The van der Waals surface area contributed by atoms with Crippen LogP contribution in [0.4, 0.5) is 11.5 Å². The third-order valence-electron chi connectivity index (χ3n) is 10.3. The van der Waals surface area contributed by atoms with Gasteiger partial charge in [0.1, 0.15) is 11.2 Å². The molecule has 1 saturated heterocycles. The van der Waals surface area contributed by atoms with Gasteiger partial charge in [-0.05, 0) is 68.8 Å². The van der Waals surface area contributed by atoms with E-state index in [1.54, 1.807) is 33.2 Å². The van der Waals surface area contributed by atoms with Crippen LogP contribution in [0.2, 0.25) is 10.0 Å². The maximum atomic E-state index is 13.3. The number of carbonyl (C=O) groups is 1. The lowest BCUT2D eigenvalue weighted by atomic mass is 9.99. The summed E-state index contributed by atoms with van der Waals surface area (Å²) >= 11 is 14.3. The highest BCUT2D eigenvalue weighted by atomic mass is 35.5. The van der Waals surface area contributed by atoms with E-state index in [0.717, 1.165) is 72.1 Å². The van der Waals surface area contributed by atoms with Crippen LogP contribution in [0.1, 0.15) is 42.1 Å². The summed E-state index contributed by atoms with van der Waals surface area (Å²) in [4.78, 5) is 48.7. The second-order valence-electron chi connectivity index (χ2n) is 13.3. The van der Waals surface area contributed by atoms with E-state index in [1.165, 1.54) is 17.2 Å². The average Bonchev–Trinajstić information content (AvgIpc) is 3.78. The zero-order valence-electron chi connectivity index (χ0n) is 28.9. The van der Waals surface area contributed by atoms with Gasteiger partial charge in [0.15, 0.2) is 0 Å². The van der Waals surface area contributed by atoms with Crippen molar-refractivity contribution >= 4 is 52.0 Å². The number of anilines is 2. The zero-order valence-corrected chi connectivity index (χ0v) is 30.4. The highest BCUT2D eigenvalue weighted by Gasteiger charge is 2.36. The molecule has 5 aromatic rings. The number of methoxy groups -OCH3 is 1. The Balaban J connectivity index is 1.21. The van der Waals surface area contributed by atoms with Crippen LogP contribution < -0.4 is 26.6 Å². The molecule has 3 aromatic heterocycles. The van der Waals surface area contributed by atoms with Gasteiger partial charge in [-0.1, -0.05) is 53.5 Å². The Morgan fingerprint density at radius 1 is 0.980 bits per heavy atom. The van der Waals surface area contributed by atoms with Crippen LogP contribution in [0.5, 0.6) is 5.88 Å². The van der Waals surface area contributed by atoms with Gasteiger partial charge in [-0.3, -0.25) is 23.6 Å². The van der Waals surface area contributed by atoms with Crippen LogP contribution in [0, 0.1) is 12.8 Å². The largest absolute Gasteiger partial charge is 0.481 e. The van der Waals surface area contributed by atoms with Crippen molar-refractivity contribution in [1.29, 1.82) is 0 Å². The van der Waals surface area contributed by atoms with Gasteiger partial charge >= 0.3 is 5.69 Å². The SMILES string of the molecule is COc1nc(-c2cccc(-c3cccc(Nc4nc(C)cc5c4c(=O)n(C)c(=O)n5C)c3Cl)c2Cl)cc2c1C(N1CCC(CCNC=O)C1)CC2. The van der Waals surface area contributed by atoms with Gasteiger partial charge in [-0.25, -0.2) is 14.8 Å². The number of hydrogen-bond acceptors (Lipinski definition) is 8. The third-order valence-corrected chi connectivity index (χ3v) is 11.1. The molecule has 2 aromatic carbocycles. The van der Waals surface area contributed by atoms with E-state index in [1.807, 2.05) is 30.3 Å². The number of ether oxygens (including phenoxy) is 1. The predicted molar refractivity (Wildman–Crippen MR) is 201 cm³/mol. The number of likely N-dealkylation sites (tertiary alicyclic amines) is 1. The average molecular weight is 729 g/mol. The molecule has 4 heterocycles. The molecule has 1 fully saturated rings. The van der Waals surface area contributed by atoms with Crippen molar-refractivity contribution in [2.24, 2.45) is 20.0 Å². The lowest BCUT2D eigenvalue weighted by molar-refractivity contribution is -0.109. The smallest absolute Gasteiger partial charge is 0.330 e. The summed E-state index contributed by atoms with van der Waals surface area (Å²) in [5, 5.41) is 7.22. The molecular weight excluding hydrogens is 689 g/mol. The molecule has 2 unspecified atom stereocenters. The lowest BCUT2D eigenvalue weighted by Crippen LogP contribution is -2.37. The second-order valence-corrected chi connectivity index (χ2v) is 14.1. The minimum absolute atomic E-state index is 0.237. The Kier molecular flexibility index (Phi) is 9.62. The monoisotopic (exact) mass is 727 g/mol. The molecule has 51 heavy (non-hydrogen) atoms. The van der Waals surface area contributed by atoms with Crippen molar-refractivity contribution in [3.05, 3.63) is 96.2 Å². The van der Waals surface area contributed by atoms with Crippen molar-refractivity contribution in [1.82, 2.24) is 29.3 Å². The summed E-state index contributed by atoms with van der Waals surface area (Å²) < 4.78 is 8.42. The van der Waals surface area contributed by atoms with Crippen LogP contribution in [-0.4, -0.2) is 57.2 Å². The number of aryl methyl sites for hydroxylation is 3. The highest BCUT2D eigenvalue weighted by Crippen LogP contribution is 2.46. The molecule has 264 valence electrons. The number of benzene rings is 2. The Bertz CT molecular complexity index is 2300. The van der Waals surface area contributed by atoms with Gasteiger partial charge in [0.05, 0.1) is 34.1 Å². The molecule has 1 aliphatic heterocycles. The topological polar surface area (TPSA) is 123 Å². The fraction of sp³-hybridized carbons (Fsp3) is 0.342. The molecule has 1 amide bonds. The van der Waals surface area contributed by atoms with Crippen LogP contribution in [0.25, 0.3) is 33.3 Å². The van der Waals surface area contributed by atoms with E-state index in [2.05, 4.69) is 26.6 Å². The van der Waals surface area contributed by atoms with Gasteiger partial charge in [-0.15, -0.1) is 0 Å². The van der Waals surface area contributed by atoms with Crippen molar-refractivity contribution in [3.63, 3.8) is 0 Å². The van der Waals surface area contributed by atoms with E-state index in [4.69, 9.17) is 32.9 Å². The molecule has 13 heteroatoms. The molecular formula is C38H39Cl2N7O4. The fourth-order valence-electron chi connectivity index (χ4n) is 7.67. The van der Waals surface area contributed by atoms with E-state index >= 15 is 0 Å². The van der Waals surface area contributed by atoms with Crippen molar-refractivity contribution in [3.8, 4) is 28.3 Å². The van der Waals surface area contributed by atoms with Crippen molar-refractivity contribution in [2.45, 2.75) is 38.6 Å². The first kappa shape index (κ1) is 34.7. The molecule has 0 saturated carbocycles. The summed E-state index contributed by atoms with van der Waals surface area (Å²) in [6.45, 7) is 4.51. The normalized spacial score (nSPS) is 17.1. The van der Waals surface area contributed by atoms with Gasteiger partial charge in [0.2, 0.25) is 12.3 Å². The lowest BCUT2D eigenvalue weighted by Gasteiger charge is -2.26. The second kappa shape index (κ2) is 14.1. The molecule has 2 N–H and O–H groups in total. The molecule has 2 aliphatic rings. The maximum absolute atomic E-state index is 13.3. The number of hydrogen-bond donors (Lipinski definition) is 2. The zero-order chi connectivity index (χ0) is 36.0. The molecule has 2 atom stereocenters. The fourth-order valence-corrected chi connectivity index (χ4v) is 8.27. The van der Waals surface area contributed by atoms with Gasteiger partial charge < -0.3 is 15.4 Å². The number of pyridine rings is 2. The van der Waals surface area contributed by atoms with Gasteiger partial charge in [0, 0.05) is 61.2 Å². The maximum Gasteiger partial charge on any atom is 0.330 e. The molecule has 0 bridgehead atoms. The Labute approximate surface area is 305 Å². The third kappa shape index (κ3) is 6.28. The van der Waals surface area contributed by atoms with E-state index < -0.39 is 11.2 Å². The molecule has 0 spiro atoms. The number of aromatic nitrogens is 4. The number of rotatable bonds is 10. The first-order valence-corrected chi connectivity index (χ1v) is 17.8.